The molecular weight excluding hydrogens is 264 g/mol. The van der Waals surface area contributed by atoms with Gasteiger partial charge in [-0.05, 0) is 25.1 Å². The van der Waals surface area contributed by atoms with Crippen LogP contribution in [0.4, 0.5) is 11.4 Å². The predicted octanol–water partition coefficient (Wildman–Crippen LogP) is 2.84. The lowest BCUT2D eigenvalue weighted by atomic mass is 10.2. The quantitative estimate of drug-likeness (QED) is 0.669. The van der Waals surface area contributed by atoms with E-state index in [0.29, 0.717) is 12.4 Å². The zero-order chi connectivity index (χ0) is 14.5. The standard InChI is InChI=1S/C13H12N2O5/c1-2-20-10-3-4-11(12(7-10)15(17)18)14-13(16)9-5-6-19-8-9/h3-8H,2H2,1H3,(H,14,16). The number of carbonyl (C=O) groups is 1. The second kappa shape index (κ2) is 5.87. The number of nitrogens with one attached hydrogen (secondary N) is 1. The number of anilines is 1. The van der Waals surface area contributed by atoms with Gasteiger partial charge in [-0.3, -0.25) is 14.9 Å². The number of ether oxygens (including phenoxy) is 1. The summed E-state index contributed by atoms with van der Waals surface area (Å²) in [5, 5.41) is 13.5. The van der Waals surface area contributed by atoms with Crippen molar-refractivity contribution < 1.29 is 18.9 Å². The van der Waals surface area contributed by atoms with Gasteiger partial charge in [0.2, 0.25) is 0 Å². The number of carbonyl (C=O) groups excluding carboxylic acids is 1. The van der Waals surface area contributed by atoms with Crippen molar-refractivity contribution in [1.29, 1.82) is 0 Å². The van der Waals surface area contributed by atoms with Gasteiger partial charge in [-0.2, -0.15) is 0 Å². The molecule has 0 atom stereocenters. The van der Waals surface area contributed by atoms with Crippen molar-refractivity contribution in [1.82, 2.24) is 0 Å². The zero-order valence-electron chi connectivity index (χ0n) is 10.7. The molecule has 0 radical (unpaired) electrons. The van der Waals surface area contributed by atoms with Crippen molar-refractivity contribution in [3.05, 3.63) is 52.5 Å². The Labute approximate surface area is 114 Å². The number of benzene rings is 1. The molecule has 1 N–H and O–H groups in total. The van der Waals surface area contributed by atoms with E-state index >= 15 is 0 Å². The summed E-state index contributed by atoms with van der Waals surface area (Å²) in [5.41, 5.74) is 0.158. The first-order valence-electron chi connectivity index (χ1n) is 5.86. The number of rotatable bonds is 5. The van der Waals surface area contributed by atoms with Crippen LogP contribution in [0.25, 0.3) is 0 Å². The van der Waals surface area contributed by atoms with E-state index in [1.807, 2.05) is 0 Å². The molecule has 0 aliphatic rings. The van der Waals surface area contributed by atoms with Crippen LogP contribution < -0.4 is 10.1 Å². The van der Waals surface area contributed by atoms with Gasteiger partial charge in [0.1, 0.15) is 17.7 Å². The van der Waals surface area contributed by atoms with Crippen molar-refractivity contribution >= 4 is 17.3 Å². The van der Waals surface area contributed by atoms with Crippen molar-refractivity contribution in [2.75, 3.05) is 11.9 Å². The third-order valence-electron chi connectivity index (χ3n) is 2.51. The van der Waals surface area contributed by atoms with Crippen LogP contribution in [0.5, 0.6) is 5.75 Å². The van der Waals surface area contributed by atoms with Crippen molar-refractivity contribution in [3.63, 3.8) is 0 Å². The summed E-state index contributed by atoms with van der Waals surface area (Å²) in [7, 11) is 0. The Morgan fingerprint density at radius 1 is 1.45 bits per heavy atom. The molecule has 20 heavy (non-hydrogen) atoms. The van der Waals surface area contributed by atoms with Gasteiger partial charge < -0.3 is 14.5 Å². The van der Waals surface area contributed by atoms with Crippen LogP contribution in [0.1, 0.15) is 17.3 Å². The Hall–Kier alpha value is -2.83. The number of amides is 1. The molecule has 1 aromatic heterocycles. The zero-order valence-corrected chi connectivity index (χ0v) is 10.7. The van der Waals surface area contributed by atoms with E-state index in [2.05, 4.69) is 5.32 Å². The van der Waals surface area contributed by atoms with E-state index < -0.39 is 10.8 Å². The van der Waals surface area contributed by atoms with Gasteiger partial charge in [-0.1, -0.05) is 0 Å². The Bertz CT molecular complexity index is 622. The molecule has 1 heterocycles. The fourth-order valence-electron chi connectivity index (χ4n) is 1.61. The van der Waals surface area contributed by atoms with Crippen molar-refractivity contribution in [3.8, 4) is 5.75 Å². The Morgan fingerprint density at radius 3 is 2.85 bits per heavy atom. The topological polar surface area (TPSA) is 94.6 Å². The summed E-state index contributed by atoms with van der Waals surface area (Å²) in [4.78, 5) is 22.3. The van der Waals surface area contributed by atoms with E-state index in [-0.39, 0.29) is 16.9 Å². The maximum atomic E-state index is 11.8. The second-order valence-corrected chi connectivity index (χ2v) is 3.84. The number of nitrogens with zero attached hydrogens (tertiary/aromatic N) is 1. The van der Waals surface area contributed by atoms with E-state index in [1.165, 1.54) is 30.7 Å². The van der Waals surface area contributed by atoms with E-state index in [4.69, 9.17) is 9.15 Å². The molecule has 0 spiro atoms. The van der Waals surface area contributed by atoms with E-state index in [0.717, 1.165) is 0 Å². The van der Waals surface area contributed by atoms with Crippen LogP contribution in [0, 0.1) is 10.1 Å². The first-order valence-corrected chi connectivity index (χ1v) is 5.86. The van der Waals surface area contributed by atoms with Crippen molar-refractivity contribution in [2.24, 2.45) is 0 Å². The fourth-order valence-corrected chi connectivity index (χ4v) is 1.61. The highest BCUT2D eigenvalue weighted by atomic mass is 16.6. The van der Waals surface area contributed by atoms with Gasteiger partial charge in [0.15, 0.2) is 0 Å². The number of furan rings is 1. The van der Waals surface area contributed by atoms with Crippen LogP contribution >= 0.6 is 0 Å². The van der Waals surface area contributed by atoms with Crippen LogP contribution in [-0.4, -0.2) is 17.4 Å². The van der Waals surface area contributed by atoms with Crippen LogP contribution in [0.3, 0.4) is 0 Å². The highest BCUT2D eigenvalue weighted by Gasteiger charge is 2.18. The van der Waals surface area contributed by atoms with Gasteiger partial charge >= 0.3 is 0 Å². The molecule has 7 heteroatoms. The Kier molecular flexibility index (Phi) is 3.99. The number of nitro groups is 1. The SMILES string of the molecule is CCOc1ccc(NC(=O)c2ccoc2)c([N+](=O)[O-])c1. The maximum absolute atomic E-state index is 11.8. The van der Waals surface area contributed by atoms with E-state index in [1.54, 1.807) is 13.0 Å². The first kappa shape index (κ1) is 13.6. The van der Waals surface area contributed by atoms with Crippen LogP contribution in [-0.2, 0) is 0 Å². The molecule has 104 valence electrons. The lowest BCUT2D eigenvalue weighted by molar-refractivity contribution is -0.384. The Morgan fingerprint density at radius 2 is 2.25 bits per heavy atom. The molecule has 0 saturated carbocycles. The molecular formula is C13H12N2O5. The highest BCUT2D eigenvalue weighted by Crippen LogP contribution is 2.29. The Balaban J connectivity index is 2.27. The summed E-state index contributed by atoms with van der Waals surface area (Å²) in [5.74, 6) is -0.105. The van der Waals surface area contributed by atoms with Gasteiger partial charge in [-0.15, -0.1) is 0 Å². The molecule has 7 nitrogen and oxygen atoms in total. The minimum Gasteiger partial charge on any atom is -0.494 e. The number of hydrogen-bond acceptors (Lipinski definition) is 5. The molecule has 0 fully saturated rings. The number of nitro benzene ring substituents is 1. The molecule has 2 rings (SSSR count). The molecule has 1 amide bonds. The van der Waals surface area contributed by atoms with Gasteiger partial charge in [-0.25, -0.2) is 0 Å². The summed E-state index contributed by atoms with van der Waals surface area (Å²) in [6.07, 6.45) is 2.61. The second-order valence-electron chi connectivity index (χ2n) is 3.84. The summed E-state index contributed by atoms with van der Waals surface area (Å²) in [6, 6.07) is 5.73. The summed E-state index contributed by atoms with van der Waals surface area (Å²) in [6.45, 7) is 2.18. The van der Waals surface area contributed by atoms with Crippen LogP contribution in [0.2, 0.25) is 0 Å². The first-order chi connectivity index (χ1) is 9.61. The fraction of sp³-hybridized carbons (Fsp3) is 0.154. The lowest BCUT2D eigenvalue weighted by Gasteiger charge is -2.07. The van der Waals surface area contributed by atoms with Gasteiger partial charge in [0, 0.05) is 0 Å². The van der Waals surface area contributed by atoms with Crippen LogP contribution in [0.15, 0.2) is 41.2 Å². The average Bonchev–Trinajstić information content (AvgIpc) is 2.94. The molecule has 0 saturated heterocycles. The van der Waals surface area contributed by atoms with E-state index in [9.17, 15) is 14.9 Å². The average molecular weight is 276 g/mol. The molecule has 1 aromatic carbocycles. The minimum absolute atomic E-state index is 0.102. The molecule has 2 aromatic rings. The smallest absolute Gasteiger partial charge is 0.296 e. The monoisotopic (exact) mass is 276 g/mol. The molecule has 0 bridgehead atoms. The summed E-state index contributed by atoms with van der Waals surface area (Å²) < 4.78 is 9.98. The largest absolute Gasteiger partial charge is 0.494 e. The molecule has 0 aliphatic carbocycles. The third-order valence-corrected chi connectivity index (χ3v) is 2.51. The van der Waals surface area contributed by atoms with Gasteiger partial charge in [0.25, 0.3) is 11.6 Å². The number of hydrogen-bond donors (Lipinski definition) is 1. The summed E-state index contributed by atoms with van der Waals surface area (Å²) >= 11 is 0. The normalized spacial score (nSPS) is 10.1. The lowest BCUT2D eigenvalue weighted by Crippen LogP contribution is -2.12. The van der Waals surface area contributed by atoms with Crippen molar-refractivity contribution in [2.45, 2.75) is 6.92 Å². The maximum Gasteiger partial charge on any atom is 0.296 e. The predicted molar refractivity (Wildman–Crippen MR) is 70.9 cm³/mol. The van der Waals surface area contributed by atoms with Gasteiger partial charge in [0.05, 0.1) is 29.4 Å². The highest BCUT2D eigenvalue weighted by molar-refractivity contribution is 6.05. The molecule has 0 unspecified atom stereocenters. The third kappa shape index (κ3) is 2.94. The molecule has 0 aliphatic heterocycles. The minimum atomic E-state index is -0.576.